The molecule has 146 valence electrons. The van der Waals surface area contributed by atoms with Crippen LogP contribution in [0.2, 0.25) is 0 Å². The quantitative estimate of drug-likeness (QED) is 0.807. The molecule has 0 saturated carbocycles. The zero-order valence-electron chi connectivity index (χ0n) is 14.9. The maximum Gasteiger partial charge on any atom is 0.417 e. The monoisotopic (exact) mass is 383 g/mol. The van der Waals surface area contributed by atoms with Crippen molar-refractivity contribution in [1.82, 2.24) is 20.0 Å². The van der Waals surface area contributed by atoms with Crippen molar-refractivity contribution in [3.63, 3.8) is 0 Å². The number of aryl methyl sites for hydroxylation is 2. The molecule has 0 radical (unpaired) electrons. The Labute approximate surface area is 154 Å². The minimum Gasteiger partial charge on any atom is -0.355 e. The van der Waals surface area contributed by atoms with Crippen LogP contribution in [0.1, 0.15) is 30.1 Å². The van der Waals surface area contributed by atoms with Crippen LogP contribution in [0.4, 0.5) is 19.0 Å². The van der Waals surface area contributed by atoms with Gasteiger partial charge in [0.25, 0.3) is 0 Å². The van der Waals surface area contributed by atoms with Gasteiger partial charge in [-0.2, -0.15) is 18.2 Å². The van der Waals surface area contributed by atoms with Crippen LogP contribution >= 0.6 is 0 Å². The fourth-order valence-electron chi connectivity index (χ4n) is 2.95. The van der Waals surface area contributed by atoms with Gasteiger partial charge in [0.1, 0.15) is 5.82 Å². The summed E-state index contributed by atoms with van der Waals surface area (Å²) in [7, 11) is 0. The van der Waals surface area contributed by atoms with Crippen LogP contribution in [0.3, 0.4) is 0 Å². The molecule has 2 aromatic heterocycles. The maximum atomic E-state index is 12.7. The van der Waals surface area contributed by atoms with E-state index in [0.29, 0.717) is 56.6 Å². The summed E-state index contributed by atoms with van der Waals surface area (Å²) in [6.07, 6.45) is -2.17. The smallest absolute Gasteiger partial charge is 0.355 e. The highest BCUT2D eigenvalue weighted by Crippen LogP contribution is 2.29. The highest BCUT2D eigenvalue weighted by Gasteiger charge is 2.31. The molecular weight excluding hydrogens is 363 g/mol. The SMILES string of the molecule is Cc1noc(CCC(=O)N2CCCN(c3ccc(C(F)(F)F)cn3)CC2)n1. The summed E-state index contributed by atoms with van der Waals surface area (Å²) in [6, 6.07) is 2.40. The number of hydrogen-bond acceptors (Lipinski definition) is 6. The van der Waals surface area contributed by atoms with Gasteiger partial charge in [0.15, 0.2) is 5.82 Å². The average molecular weight is 383 g/mol. The van der Waals surface area contributed by atoms with Gasteiger partial charge in [-0.3, -0.25) is 4.79 Å². The van der Waals surface area contributed by atoms with Gasteiger partial charge < -0.3 is 14.3 Å². The zero-order chi connectivity index (χ0) is 19.4. The first-order valence-corrected chi connectivity index (χ1v) is 8.68. The third-order valence-corrected chi connectivity index (χ3v) is 4.37. The summed E-state index contributed by atoms with van der Waals surface area (Å²) in [5.41, 5.74) is -0.769. The van der Waals surface area contributed by atoms with E-state index in [-0.39, 0.29) is 12.3 Å². The van der Waals surface area contributed by atoms with Crippen LogP contribution in [0.15, 0.2) is 22.9 Å². The van der Waals surface area contributed by atoms with Crippen LogP contribution in [0.5, 0.6) is 0 Å². The minimum atomic E-state index is -4.40. The topological polar surface area (TPSA) is 75.4 Å². The predicted octanol–water partition coefficient (Wildman–Crippen LogP) is 2.46. The van der Waals surface area contributed by atoms with E-state index in [1.165, 1.54) is 6.07 Å². The number of pyridine rings is 1. The molecule has 1 aliphatic rings. The van der Waals surface area contributed by atoms with Gasteiger partial charge in [-0.05, 0) is 25.5 Å². The molecule has 1 fully saturated rings. The standard InChI is InChI=1S/C17H20F3N5O2/c1-12-22-15(27-23-12)5-6-16(26)25-8-2-7-24(9-10-25)14-4-3-13(11-21-14)17(18,19)20/h3-4,11H,2,5-10H2,1H3. The lowest BCUT2D eigenvalue weighted by Gasteiger charge is -2.23. The fourth-order valence-corrected chi connectivity index (χ4v) is 2.95. The second-order valence-electron chi connectivity index (χ2n) is 6.36. The Balaban J connectivity index is 1.54. The van der Waals surface area contributed by atoms with Crippen molar-refractivity contribution >= 4 is 11.7 Å². The van der Waals surface area contributed by atoms with Crippen molar-refractivity contribution in [3.8, 4) is 0 Å². The molecule has 0 aromatic carbocycles. The van der Waals surface area contributed by atoms with E-state index >= 15 is 0 Å². The summed E-state index contributed by atoms with van der Waals surface area (Å²) < 4.78 is 43.0. The lowest BCUT2D eigenvalue weighted by atomic mass is 10.2. The predicted molar refractivity (Wildman–Crippen MR) is 90.0 cm³/mol. The van der Waals surface area contributed by atoms with Crippen LogP contribution in [-0.4, -0.2) is 52.1 Å². The molecule has 27 heavy (non-hydrogen) atoms. The number of amides is 1. The first-order valence-electron chi connectivity index (χ1n) is 8.68. The molecule has 0 unspecified atom stereocenters. The second kappa shape index (κ2) is 7.93. The van der Waals surface area contributed by atoms with E-state index in [9.17, 15) is 18.0 Å². The zero-order valence-corrected chi connectivity index (χ0v) is 14.9. The van der Waals surface area contributed by atoms with Gasteiger partial charge in [0, 0.05) is 45.2 Å². The summed E-state index contributed by atoms with van der Waals surface area (Å²) in [6.45, 7) is 3.95. The number of alkyl halides is 3. The highest BCUT2D eigenvalue weighted by atomic mass is 19.4. The summed E-state index contributed by atoms with van der Waals surface area (Å²) in [4.78, 5) is 24.1. The number of aromatic nitrogens is 3. The Bertz CT molecular complexity index is 776. The molecule has 0 bridgehead atoms. The van der Waals surface area contributed by atoms with E-state index in [2.05, 4.69) is 15.1 Å². The molecule has 0 spiro atoms. The Kier molecular flexibility index (Phi) is 5.62. The number of carbonyl (C=O) groups is 1. The van der Waals surface area contributed by atoms with E-state index in [4.69, 9.17) is 4.52 Å². The molecule has 1 aliphatic heterocycles. The van der Waals surface area contributed by atoms with Crippen molar-refractivity contribution in [2.45, 2.75) is 32.4 Å². The molecule has 3 heterocycles. The molecular formula is C17H20F3N5O2. The molecule has 0 N–H and O–H groups in total. The Hall–Kier alpha value is -2.65. The average Bonchev–Trinajstić information content (AvgIpc) is 2.90. The number of rotatable bonds is 4. The van der Waals surface area contributed by atoms with Gasteiger partial charge in [0.2, 0.25) is 11.8 Å². The largest absolute Gasteiger partial charge is 0.417 e. The van der Waals surface area contributed by atoms with Crippen molar-refractivity contribution in [2.24, 2.45) is 0 Å². The molecule has 3 rings (SSSR count). The number of hydrogen-bond donors (Lipinski definition) is 0. The Morgan fingerprint density at radius 2 is 2.04 bits per heavy atom. The number of carbonyl (C=O) groups excluding carboxylic acids is 1. The van der Waals surface area contributed by atoms with Gasteiger partial charge >= 0.3 is 6.18 Å². The van der Waals surface area contributed by atoms with Gasteiger partial charge in [-0.15, -0.1) is 0 Å². The molecule has 1 amide bonds. The summed E-state index contributed by atoms with van der Waals surface area (Å²) in [5.74, 6) is 1.45. The van der Waals surface area contributed by atoms with E-state index in [1.807, 2.05) is 4.90 Å². The molecule has 1 saturated heterocycles. The van der Waals surface area contributed by atoms with Crippen LogP contribution in [-0.2, 0) is 17.4 Å². The van der Waals surface area contributed by atoms with Crippen LogP contribution in [0, 0.1) is 6.92 Å². The van der Waals surface area contributed by atoms with Crippen molar-refractivity contribution in [1.29, 1.82) is 0 Å². The highest BCUT2D eigenvalue weighted by molar-refractivity contribution is 5.76. The molecule has 0 aliphatic carbocycles. The van der Waals surface area contributed by atoms with E-state index < -0.39 is 11.7 Å². The van der Waals surface area contributed by atoms with Crippen LogP contribution in [0.25, 0.3) is 0 Å². The van der Waals surface area contributed by atoms with Crippen LogP contribution < -0.4 is 4.90 Å². The minimum absolute atomic E-state index is 0.00641. The summed E-state index contributed by atoms with van der Waals surface area (Å²) in [5, 5.41) is 3.69. The third kappa shape index (κ3) is 4.95. The normalized spacial score (nSPS) is 15.7. The fraction of sp³-hybridized carbons (Fsp3) is 0.529. The maximum absolute atomic E-state index is 12.7. The molecule has 2 aromatic rings. The first kappa shape index (κ1) is 19.1. The number of halogens is 3. The number of nitrogens with zero attached hydrogens (tertiary/aromatic N) is 5. The third-order valence-electron chi connectivity index (χ3n) is 4.37. The van der Waals surface area contributed by atoms with Gasteiger partial charge in [-0.25, -0.2) is 4.98 Å². The molecule has 7 nitrogen and oxygen atoms in total. The van der Waals surface area contributed by atoms with Crippen molar-refractivity contribution in [3.05, 3.63) is 35.6 Å². The molecule has 0 atom stereocenters. The number of anilines is 1. The lowest BCUT2D eigenvalue weighted by Crippen LogP contribution is -2.35. The van der Waals surface area contributed by atoms with E-state index in [1.54, 1.807) is 11.8 Å². The Morgan fingerprint density at radius 3 is 2.67 bits per heavy atom. The van der Waals surface area contributed by atoms with Gasteiger partial charge in [-0.1, -0.05) is 5.16 Å². The second-order valence-corrected chi connectivity index (χ2v) is 6.36. The summed E-state index contributed by atoms with van der Waals surface area (Å²) >= 11 is 0. The van der Waals surface area contributed by atoms with Gasteiger partial charge in [0.05, 0.1) is 5.56 Å². The Morgan fingerprint density at radius 1 is 1.22 bits per heavy atom. The van der Waals surface area contributed by atoms with E-state index in [0.717, 1.165) is 12.3 Å². The van der Waals surface area contributed by atoms with Crippen molar-refractivity contribution in [2.75, 3.05) is 31.1 Å². The first-order chi connectivity index (χ1) is 12.8. The lowest BCUT2D eigenvalue weighted by molar-refractivity contribution is -0.137. The molecule has 10 heteroatoms. The van der Waals surface area contributed by atoms with Crippen molar-refractivity contribution < 1.29 is 22.5 Å².